The predicted octanol–water partition coefficient (Wildman–Crippen LogP) is 2.56. The Hall–Kier alpha value is -4.64. The first-order chi connectivity index (χ1) is 18.0. The number of methoxy groups -OCH3 is 2. The van der Waals surface area contributed by atoms with E-state index in [1.54, 1.807) is 26.4 Å². The number of carbonyl (C=O) groups excluding carboxylic acids is 2. The van der Waals surface area contributed by atoms with E-state index in [4.69, 9.17) is 9.47 Å². The van der Waals surface area contributed by atoms with E-state index in [1.165, 1.54) is 30.1 Å². The Bertz CT molecular complexity index is 1400. The highest BCUT2D eigenvalue weighted by atomic mass is 32.2. The minimum Gasteiger partial charge on any atom is -0.545 e. The monoisotopic (exact) mass is 516 g/mol. The van der Waals surface area contributed by atoms with Crippen LogP contribution in [-0.2, 0) is 4.79 Å². The van der Waals surface area contributed by atoms with Crippen LogP contribution in [0.1, 0.15) is 15.9 Å². The van der Waals surface area contributed by atoms with Crippen molar-refractivity contribution < 1.29 is 24.2 Å². The van der Waals surface area contributed by atoms with Gasteiger partial charge in [0.2, 0.25) is 0 Å². The van der Waals surface area contributed by atoms with Gasteiger partial charge in [-0.1, -0.05) is 36.0 Å². The van der Waals surface area contributed by atoms with Crippen LogP contribution in [0, 0.1) is 0 Å². The summed E-state index contributed by atoms with van der Waals surface area (Å²) in [6.45, 7) is 0. The summed E-state index contributed by atoms with van der Waals surface area (Å²) in [5.41, 5.74) is 4.78. The molecule has 0 unspecified atom stereocenters. The van der Waals surface area contributed by atoms with Gasteiger partial charge in [-0.15, -0.1) is 10.2 Å². The Morgan fingerprint density at radius 3 is 2.16 bits per heavy atom. The van der Waals surface area contributed by atoms with Gasteiger partial charge in [0.25, 0.3) is 5.91 Å². The summed E-state index contributed by atoms with van der Waals surface area (Å²) in [6, 6.07) is 20.8. The highest BCUT2D eigenvalue weighted by Crippen LogP contribution is 2.29. The molecule has 0 saturated carbocycles. The minimum absolute atomic E-state index is 0.0395. The SMILES string of the molecule is COc1ccc(-c2nnc(SCC(=O)N/N=C/c3ccc(C(=O)[O-])cc3)n2-c2ccc(OC)cc2)cc1. The number of carbonyl (C=O) groups is 2. The molecule has 4 aromatic rings. The lowest BCUT2D eigenvalue weighted by atomic mass is 10.1. The number of amides is 1. The second-order valence-electron chi connectivity index (χ2n) is 7.56. The number of benzene rings is 3. The number of hydrogen-bond acceptors (Lipinski definition) is 9. The molecule has 0 aliphatic carbocycles. The lowest BCUT2D eigenvalue weighted by Gasteiger charge is -2.11. The number of hydrogen-bond donors (Lipinski definition) is 1. The summed E-state index contributed by atoms with van der Waals surface area (Å²) in [4.78, 5) is 23.2. The van der Waals surface area contributed by atoms with Crippen molar-refractivity contribution in [3.05, 3.63) is 83.9 Å². The topological polar surface area (TPSA) is 131 Å². The highest BCUT2D eigenvalue weighted by Gasteiger charge is 2.17. The van der Waals surface area contributed by atoms with Crippen LogP contribution >= 0.6 is 11.8 Å². The maximum absolute atomic E-state index is 12.4. The molecule has 0 aliphatic rings. The van der Waals surface area contributed by atoms with Crippen LogP contribution in [0.2, 0.25) is 0 Å². The Morgan fingerprint density at radius 1 is 0.946 bits per heavy atom. The molecule has 0 atom stereocenters. The lowest BCUT2D eigenvalue weighted by Crippen LogP contribution is -2.22. The number of ether oxygens (including phenoxy) is 2. The number of carboxylic acid groups (broad SMARTS) is 1. The lowest BCUT2D eigenvalue weighted by molar-refractivity contribution is -0.255. The zero-order valence-corrected chi connectivity index (χ0v) is 20.8. The largest absolute Gasteiger partial charge is 0.545 e. The summed E-state index contributed by atoms with van der Waals surface area (Å²) >= 11 is 1.21. The van der Waals surface area contributed by atoms with Crippen molar-refractivity contribution in [2.24, 2.45) is 5.10 Å². The Balaban J connectivity index is 1.49. The fraction of sp³-hybridized carbons (Fsp3) is 0.115. The second-order valence-corrected chi connectivity index (χ2v) is 8.50. The van der Waals surface area contributed by atoms with E-state index in [1.807, 2.05) is 53.1 Å². The van der Waals surface area contributed by atoms with Gasteiger partial charge in [-0.25, -0.2) is 5.43 Å². The first-order valence-electron chi connectivity index (χ1n) is 11.0. The van der Waals surface area contributed by atoms with E-state index in [0.29, 0.717) is 22.3 Å². The summed E-state index contributed by atoms with van der Waals surface area (Å²) in [6.07, 6.45) is 1.42. The molecule has 3 aromatic carbocycles. The predicted molar refractivity (Wildman–Crippen MR) is 137 cm³/mol. The van der Waals surface area contributed by atoms with Crippen LogP contribution < -0.4 is 20.0 Å². The minimum atomic E-state index is -1.26. The number of rotatable bonds is 10. The third kappa shape index (κ3) is 6.33. The van der Waals surface area contributed by atoms with Crippen LogP contribution in [0.15, 0.2) is 83.1 Å². The van der Waals surface area contributed by atoms with Gasteiger partial charge in [-0.2, -0.15) is 5.10 Å². The number of hydrazone groups is 1. The molecule has 0 fully saturated rings. The molecule has 0 spiro atoms. The maximum Gasteiger partial charge on any atom is 0.250 e. The van der Waals surface area contributed by atoms with Crippen molar-refractivity contribution >= 4 is 29.9 Å². The van der Waals surface area contributed by atoms with Crippen LogP contribution in [0.5, 0.6) is 11.5 Å². The molecule has 37 heavy (non-hydrogen) atoms. The summed E-state index contributed by atoms with van der Waals surface area (Å²) in [7, 11) is 3.20. The van der Waals surface area contributed by atoms with Crippen molar-refractivity contribution in [3.63, 3.8) is 0 Å². The third-order valence-electron chi connectivity index (χ3n) is 5.19. The van der Waals surface area contributed by atoms with Gasteiger partial charge < -0.3 is 19.4 Å². The van der Waals surface area contributed by atoms with Gasteiger partial charge in [-0.3, -0.25) is 9.36 Å². The molecular weight excluding hydrogens is 494 g/mol. The Morgan fingerprint density at radius 2 is 1.57 bits per heavy atom. The molecule has 11 heteroatoms. The van der Waals surface area contributed by atoms with Gasteiger partial charge in [0.15, 0.2) is 11.0 Å². The fourth-order valence-corrected chi connectivity index (χ4v) is 4.05. The highest BCUT2D eigenvalue weighted by molar-refractivity contribution is 7.99. The fourth-order valence-electron chi connectivity index (χ4n) is 3.30. The molecule has 0 bridgehead atoms. The molecule has 188 valence electrons. The average molecular weight is 517 g/mol. The number of aromatic carboxylic acids is 1. The number of nitrogens with zero attached hydrogens (tertiary/aromatic N) is 4. The molecule has 10 nitrogen and oxygen atoms in total. The van der Waals surface area contributed by atoms with Crippen molar-refractivity contribution in [1.82, 2.24) is 20.2 Å². The standard InChI is InChI=1S/C26H23N5O5S/c1-35-21-11-7-18(8-12-21)24-29-30-26(31(24)20-9-13-22(36-2)14-10-20)37-16-23(32)28-27-15-17-3-5-19(6-4-17)25(33)34/h3-15H,16H2,1-2H3,(H,28,32)(H,33,34)/p-1/b27-15+. The van der Waals surface area contributed by atoms with Crippen molar-refractivity contribution in [1.29, 1.82) is 0 Å². The van der Waals surface area contributed by atoms with Gasteiger partial charge in [0.1, 0.15) is 11.5 Å². The molecule has 0 aliphatic heterocycles. The molecule has 0 saturated heterocycles. The molecule has 1 aromatic heterocycles. The summed E-state index contributed by atoms with van der Waals surface area (Å²) in [5, 5.41) is 24.0. The Kier molecular flexibility index (Phi) is 8.16. The zero-order chi connectivity index (χ0) is 26.2. The maximum atomic E-state index is 12.4. The van der Waals surface area contributed by atoms with E-state index in [0.717, 1.165) is 17.0 Å². The number of carboxylic acids is 1. The average Bonchev–Trinajstić information content (AvgIpc) is 3.36. The van der Waals surface area contributed by atoms with Crippen molar-refractivity contribution in [3.8, 4) is 28.6 Å². The molecule has 1 heterocycles. The van der Waals surface area contributed by atoms with Crippen LogP contribution in [0.25, 0.3) is 17.1 Å². The number of aromatic nitrogens is 3. The number of nitrogens with one attached hydrogen (secondary N) is 1. The molecule has 0 radical (unpaired) electrons. The van der Waals surface area contributed by atoms with E-state index in [2.05, 4.69) is 20.7 Å². The third-order valence-corrected chi connectivity index (χ3v) is 6.12. The smallest absolute Gasteiger partial charge is 0.250 e. The van der Waals surface area contributed by atoms with Gasteiger partial charge in [-0.05, 0) is 59.7 Å². The zero-order valence-electron chi connectivity index (χ0n) is 20.0. The van der Waals surface area contributed by atoms with Crippen molar-refractivity contribution in [2.45, 2.75) is 5.16 Å². The first kappa shape index (κ1) is 25.5. The van der Waals surface area contributed by atoms with Crippen molar-refractivity contribution in [2.75, 3.05) is 20.0 Å². The van der Waals surface area contributed by atoms with E-state index >= 15 is 0 Å². The second kappa shape index (κ2) is 11.9. The normalized spacial score (nSPS) is 10.9. The van der Waals surface area contributed by atoms with E-state index in [-0.39, 0.29) is 17.2 Å². The van der Waals surface area contributed by atoms with Crippen LogP contribution in [0.3, 0.4) is 0 Å². The van der Waals surface area contributed by atoms with Gasteiger partial charge in [0.05, 0.1) is 32.2 Å². The summed E-state index contributed by atoms with van der Waals surface area (Å²) < 4.78 is 12.4. The molecule has 1 N–H and O–H groups in total. The molecular formula is C26H22N5O5S-. The van der Waals surface area contributed by atoms with E-state index in [9.17, 15) is 14.7 Å². The quantitative estimate of drug-likeness (QED) is 0.193. The molecule has 1 amide bonds. The van der Waals surface area contributed by atoms with Crippen LogP contribution in [-0.4, -0.2) is 52.8 Å². The van der Waals surface area contributed by atoms with Gasteiger partial charge in [0, 0.05) is 11.3 Å². The first-order valence-corrected chi connectivity index (χ1v) is 12.0. The van der Waals surface area contributed by atoms with E-state index < -0.39 is 5.97 Å². The van der Waals surface area contributed by atoms with Gasteiger partial charge >= 0.3 is 0 Å². The summed E-state index contributed by atoms with van der Waals surface area (Å²) in [5.74, 6) is 0.477. The molecule has 4 rings (SSSR count). The number of thioether (sulfide) groups is 1. The van der Waals surface area contributed by atoms with Crippen LogP contribution in [0.4, 0.5) is 0 Å². The Labute approximate surface area is 217 Å².